The molecule has 0 bridgehead atoms. The van der Waals surface area contributed by atoms with E-state index in [1.54, 1.807) is 0 Å². The molecule has 0 aromatic rings. The molecule has 61 valence electrons. The van der Waals surface area contributed by atoms with Crippen LogP contribution in [0.4, 0.5) is 0 Å². The first-order chi connectivity index (χ1) is 4.91. The van der Waals surface area contributed by atoms with E-state index in [9.17, 15) is 0 Å². The zero-order valence-electron chi connectivity index (χ0n) is 6.53. The highest BCUT2D eigenvalue weighted by Gasteiger charge is 1.88. The maximum atomic E-state index is 6.90. The largest absolute Gasteiger partial charge is 0.258 e. The van der Waals surface area contributed by atoms with Gasteiger partial charge in [-0.2, -0.15) is 0 Å². The standard InChI is InChI=1S/C8H17ClN/c9-7-5-3-1-2-4-6-8-10/h10H,1-8H2. The Morgan fingerprint density at radius 1 is 0.800 bits per heavy atom. The Bertz CT molecular complexity index is 49.2. The first kappa shape index (κ1) is 10.2. The molecule has 1 N–H and O–H groups in total. The summed E-state index contributed by atoms with van der Waals surface area (Å²) in [4.78, 5) is 0. The molecule has 1 radical (unpaired) electrons. The summed E-state index contributed by atoms with van der Waals surface area (Å²) >= 11 is 5.51. The summed E-state index contributed by atoms with van der Waals surface area (Å²) in [6.45, 7) is 0.593. The zero-order valence-corrected chi connectivity index (χ0v) is 7.29. The normalized spacial score (nSPS) is 10.2. The second kappa shape index (κ2) is 9.25. The first-order valence-corrected chi connectivity index (χ1v) is 4.66. The van der Waals surface area contributed by atoms with Gasteiger partial charge in [0.05, 0.1) is 0 Å². The predicted octanol–water partition coefficient (Wildman–Crippen LogP) is 2.85. The Kier molecular flexibility index (Phi) is 9.48. The van der Waals surface area contributed by atoms with Gasteiger partial charge in [0, 0.05) is 12.4 Å². The molecule has 2 heteroatoms. The highest BCUT2D eigenvalue weighted by molar-refractivity contribution is 6.17. The molecule has 0 atom stereocenters. The molecule has 0 heterocycles. The van der Waals surface area contributed by atoms with E-state index in [0.29, 0.717) is 6.54 Å². The maximum Gasteiger partial charge on any atom is 0.0223 e. The van der Waals surface area contributed by atoms with Crippen molar-refractivity contribution in [1.82, 2.24) is 5.73 Å². The third-order valence-electron chi connectivity index (χ3n) is 1.56. The summed E-state index contributed by atoms with van der Waals surface area (Å²) in [5.74, 6) is 0.804. The highest BCUT2D eigenvalue weighted by Crippen LogP contribution is 2.04. The van der Waals surface area contributed by atoms with Crippen molar-refractivity contribution in [2.75, 3.05) is 12.4 Å². The Hall–Kier alpha value is 0.250. The Morgan fingerprint density at radius 2 is 1.30 bits per heavy atom. The summed E-state index contributed by atoms with van der Waals surface area (Å²) in [7, 11) is 0. The minimum Gasteiger partial charge on any atom is -0.258 e. The molecule has 0 fully saturated rings. The van der Waals surface area contributed by atoms with Gasteiger partial charge in [-0.25, -0.2) is 0 Å². The molecule has 0 unspecified atom stereocenters. The fourth-order valence-electron chi connectivity index (χ4n) is 0.927. The molecule has 0 amide bonds. The fraction of sp³-hybridized carbons (Fsp3) is 1.00. The fourth-order valence-corrected chi connectivity index (χ4v) is 1.12. The molecule has 0 aliphatic rings. The van der Waals surface area contributed by atoms with E-state index in [0.717, 1.165) is 18.7 Å². The van der Waals surface area contributed by atoms with Crippen LogP contribution in [-0.2, 0) is 0 Å². The molecular weight excluding hydrogens is 146 g/mol. The molecule has 0 aliphatic heterocycles. The van der Waals surface area contributed by atoms with E-state index in [-0.39, 0.29) is 0 Å². The number of alkyl halides is 1. The molecule has 0 aliphatic carbocycles. The highest BCUT2D eigenvalue weighted by atomic mass is 35.5. The lowest BCUT2D eigenvalue weighted by molar-refractivity contribution is 0.610. The lowest BCUT2D eigenvalue weighted by Crippen LogP contribution is -1.85. The van der Waals surface area contributed by atoms with Crippen molar-refractivity contribution in [2.45, 2.75) is 38.5 Å². The SMILES string of the molecule is [NH]CCCCCCCCCl. The van der Waals surface area contributed by atoms with Crippen LogP contribution in [0.1, 0.15) is 38.5 Å². The number of unbranched alkanes of at least 4 members (excludes halogenated alkanes) is 5. The van der Waals surface area contributed by atoms with Gasteiger partial charge in [0.15, 0.2) is 0 Å². The van der Waals surface area contributed by atoms with Gasteiger partial charge < -0.3 is 0 Å². The van der Waals surface area contributed by atoms with Crippen molar-refractivity contribution in [1.29, 1.82) is 0 Å². The minimum absolute atomic E-state index is 0.593. The van der Waals surface area contributed by atoms with Crippen molar-refractivity contribution in [3.8, 4) is 0 Å². The van der Waals surface area contributed by atoms with Gasteiger partial charge in [-0.1, -0.05) is 25.7 Å². The predicted molar refractivity (Wildman–Crippen MR) is 46.4 cm³/mol. The molecule has 0 spiro atoms. The van der Waals surface area contributed by atoms with E-state index < -0.39 is 0 Å². The van der Waals surface area contributed by atoms with E-state index in [4.69, 9.17) is 17.3 Å². The van der Waals surface area contributed by atoms with Gasteiger partial charge in [0.1, 0.15) is 0 Å². The van der Waals surface area contributed by atoms with Crippen LogP contribution < -0.4 is 5.73 Å². The molecule has 10 heavy (non-hydrogen) atoms. The lowest BCUT2D eigenvalue weighted by Gasteiger charge is -1.97. The van der Waals surface area contributed by atoms with E-state index in [1.807, 2.05) is 0 Å². The summed E-state index contributed by atoms with van der Waals surface area (Å²) in [6.07, 6.45) is 7.30. The van der Waals surface area contributed by atoms with Crippen LogP contribution in [0.2, 0.25) is 0 Å². The van der Waals surface area contributed by atoms with Gasteiger partial charge in [-0.3, -0.25) is 5.73 Å². The molecule has 0 saturated heterocycles. The van der Waals surface area contributed by atoms with Crippen molar-refractivity contribution in [3.63, 3.8) is 0 Å². The summed E-state index contributed by atoms with van der Waals surface area (Å²) in [5.41, 5.74) is 6.90. The quantitative estimate of drug-likeness (QED) is 0.406. The van der Waals surface area contributed by atoms with Crippen LogP contribution in [0, 0.1) is 0 Å². The van der Waals surface area contributed by atoms with Crippen molar-refractivity contribution in [2.24, 2.45) is 0 Å². The molecule has 0 aromatic carbocycles. The molecule has 0 saturated carbocycles. The topological polar surface area (TPSA) is 23.8 Å². The second-order valence-corrected chi connectivity index (χ2v) is 2.94. The minimum atomic E-state index is 0.593. The Balaban J connectivity index is 2.65. The summed E-state index contributed by atoms with van der Waals surface area (Å²) in [6, 6.07) is 0. The van der Waals surface area contributed by atoms with E-state index in [1.165, 1.54) is 25.7 Å². The average molecular weight is 163 g/mol. The zero-order chi connectivity index (χ0) is 7.66. The van der Waals surface area contributed by atoms with Gasteiger partial charge >= 0.3 is 0 Å². The third-order valence-corrected chi connectivity index (χ3v) is 1.83. The van der Waals surface area contributed by atoms with Gasteiger partial charge in [-0.05, 0) is 12.8 Å². The number of hydrogen-bond acceptors (Lipinski definition) is 0. The van der Waals surface area contributed by atoms with Crippen LogP contribution in [0.5, 0.6) is 0 Å². The lowest BCUT2D eigenvalue weighted by atomic mass is 10.1. The van der Waals surface area contributed by atoms with Crippen LogP contribution in [0.3, 0.4) is 0 Å². The average Bonchev–Trinajstić information content (AvgIpc) is 1.97. The number of nitrogens with one attached hydrogen (secondary N) is 1. The number of rotatable bonds is 7. The van der Waals surface area contributed by atoms with Gasteiger partial charge in [0.2, 0.25) is 0 Å². The summed E-state index contributed by atoms with van der Waals surface area (Å²) < 4.78 is 0. The Morgan fingerprint density at radius 3 is 1.80 bits per heavy atom. The molecule has 1 nitrogen and oxygen atoms in total. The monoisotopic (exact) mass is 162 g/mol. The van der Waals surface area contributed by atoms with Crippen LogP contribution in [-0.4, -0.2) is 12.4 Å². The Labute approximate surface area is 68.9 Å². The molecule has 0 rings (SSSR count). The van der Waals surface area contributed by atoms with Crippen LogP contribution in [0.15, 0.2) is 0 Å². The second-order valence-electron chi connectivity index (χ2n) is 2.56. The van der Waals surface area contributed by atoms with Gasteiger partial charge in [-0.15, -0.1) is 11.6 Å². The van der Waals surface area contributed by atoms with E-state index >= 15 is 0 Å². The first-order valence-electron chi connectivity index (χ1n) is 4.12. The molecular formula is C8H17ClN. The van der Waals surface area contributed by atoms with Crippen molar-refractivity contribution >= 4 is 11.6 Å². The summed E-state index contributed by atoms with van der Waals surface area (Å²) in [5, 5.41) is 0. The van der Waals surface area contributed by atoms with Crippen LogP contribution >= 0.6 is 11.6 Å². The third kappa shape index (κ3) is 8.25. The van der Waals surface area contributed by atoms with Gasteiger partial charge in [0.25, 0.3) is 0 Å². The smallest absolute Gasteiger partial charge is 0.0223 e. The molecule has 0 aromatic heterocycles. The maximum absolute atomic E-state index is 6.90. The van der Waals surface area contributed by atoms with E-state index in [2.05, 4.69) is 0 Å². The number of halogens is 1. The van der Waals surface area contributed by atoms with Crippen molar-refractivity contribution in [3.05, 3.63) is 0 Å². The number of hydrogen-bond donors (Lipinski definition) is 0. The van der Waals surface area contributed by atoms with Crippen LogP contribution in [0.25, 0.3) is 0 Å². The van der Waals surface area contributed by atoms with Crippen molar-refractivity contribution < 1.29 is 0 Å².